The van der Waals surface area contributed by atoms with Crippen LogP contribution >= 0.6 is 0 Å². The van der Waals surface area contributed by atoms with Gasteiger partial charge in [-0.3, -0.25) is 14.7 Å². The average molecular weight is 374 g/mol. The minimum atomic E-state index is -0.782. The molecule has 1 aliphatic rings. The molecule has 28 heavy (non-hydrogen) atoms. The lowest BCUT2D eigenvalue weighted by molar-refractivity contribution is -0.142. The third kappa shape index (κ3) is 3.89. The molecule has 0 radical (unpaired) electrons. The number of likely N-dealkylation sites (tertiary alicyclic amines) is 1. The van der Waals surface area contributed by atoms with Gasteiger partial charge < -0.3 is 9.84 Å². The van der Waals surface area contributed by atoms with E-state index in [9.17, 15) is 9.90 Å². The summed E-state index contributed by atoms with van der Waals surface area (Å²) in [5, 5.41) is 9.69. The number of pyridine rings is 1. The molecule has 2 aromatic carbocycles. The third-order valence-electron chi connectivity index (χ3n) is 5.03. The Labute approximate surface area is 164 Å². The summed E-state index contributed by atoms with van der Waals surface area (Å²) in [7, 11) is 0. The van der Waals surface area contributed by atoms with Crippen molar-refractivity contribution in [3.63, 3.8) is 0 Å². The molecule has 1 fully saturated rings. The van der Waals surface area contributed by atoms with Crippen LogP contribution in [0, 0.1) is 0 Å². The Kier molecular flexibility index (Phi) is 5.35. The van der Waals surface area contributed by atoms with Crippen LogP contribution in [0.4, 0.5) is 0 Å². The highest BCUT2D eigenvalue weighted by Gasteiger charge is 2.37. The summed E-state index contributed by atoms with van der Waals surface area (Å²) < 4.78 is 5.99. The highest BCUT2D eigenvalue weighted by molar-refractivity contribution is 5.74. The molecule has 2 atom stereocenters. The molecular weight excluding hydrogens is 352 g/mol. The second-order valence-corrected chi connectivity index (χ2v) is 6.88. The van der Waals surface area contributed by atoms with Crippen LogP contribution < -0.4 is 4.74 Å². The van der Waals surface area contributed by atoms with Gasteiger partial charge in [0, 0.05) is 12.7 Å². The molecule has 2 heterocycles. The van der Waals surface area contributed by atoms with Gasteiger partial charge in [-0.15, -0.1) is 0 Å². The van der Waals surface area contributed by atoms with Crippen molar-refractivity contribution < 1.29 is 14.6 Å². The predicted octanol–water partition coefficient (Wildman–Crippen LogP) is 4.51. The molecule has 1 aliphatic heterocycles. The van der Waals surface area contributed by atoms with Gasteiger partial charge in [-0.1, -0.05) is 36.4 Å². The molecule has 0 saturated carbocycles. The lowest BCUT2D eigenvalue weighted by Gasteiger charge is -2.31. The van der Waals surface area contributed by atoms with Crippen molar-refractivity contribution in [2.24, 2.45) is 0 Å². The first-order valence-corrected chi connectivity index (χ1v) is 9.45. The van der Waals surface area contributed by atoms with Crippen molar-refractivity contribution in [3.05, 3.63) is 90.3 Å². The number of para-hydroxylation sites is 1. The Morgan fingerprint density at radius 1 is 1.04 bits per heavy atom. The predicted molar refractivity (Wildman–Crippen MR) is 106 cm³/mol. The molecule has 142 valence electrons. The number of aromatic nitrogens is 1. The number of rotatable bonds is 6. The van der Waals surface area contributed by atoms with Gasteiger partial charge in [-0.05, 0) is 54.8 Å². The fourth-order valence-corrected chi connectivity index (χ4v) is 3.81. The second-order valence-electron chi connectivity index (χ2n) is 6.88. The molecule has 0 bridgehead atoms. The van der Waals surface area contributed by atoms with Crippen molar-refractivity contribution >= 4 is 5.97 Å². The average Bonchev–Trinajstić information content (AvgIpc) is 3.20. The topological polar surface area (TPSA) is 62.7 Å². The number of hydrogen-bond acceptors (Lipinski definition) is 4. The summed E-state index contributed by atoms with van der Waals surface area (Å²) in [6.45, 7) is 0.724. The quantitative estimate of drug-likeness (QED) is 0.688. The first kappa shape index (κ1) is 18.2. The zero-order chi connectivity index (χ0) is 19.3. The van der Waals surface area contributed by atoms with Crippen LogP contribution in [-0.4, -0.2) is 33.5 Å². The molecule has 1 saturated heterocycles. The Morgan fingerprint density at radius 3 is 2.57 bits per heavy atom. The van der Waals surface area contributed by atoms with Gasteiger partial charge in [0.15, 0.2) is 0 Å². The van der Waals surface area contributed by atoms with Gasteiger partial charge >= 0.3 is 5.97 Å². The Hall–Kier alpha value is -3.18. The number of carboxylic acids is 1. The monoisotopic (exact) mass is 374 g/mol. The van der Waals surface area contributed by atoms with Crippen LogP contribution in [0.5, 0.6) is 11.5 Å². The van der Waals surface area contributed by atoms with E-state index in [2.05, 4.69) is 4.98 Å². The van der Waals surface area contributed by atoms with Crippen LogP contribution in [0.25, 0.3) is 0 Å². The van der Waals surface area contributed by atoms with Crippen molar-refractivity contribution in [2.45, 2.75) is 24.9 Å². The van der Waals surface area contributed by atoms with E-state index in [1.54, 1.807) is 6.20 Å². The van der Waals surface area contributed by atoms with Gasteiger partial charge in [0.2, 0.25) is 0 Å². The normalized spacial score (nSPS) is 17.9. The summed E-state index contributed by atoms with van der Waals surface area (Å²) in [5.74, 6) is 0.699. The summed E-state index contributed by atoms with van der Waals surface area (Å²) in [5.41, 5.74) is 1.81. The fraction of sp³-hybridized carbons (Fsp3) is 0.217. The van der Waals surface area contributed by atoms with E-state index in [1.165, 1.54) is 0 Å². The number of nitrogens with zero attached hydrogens (tertiary/aromatic N) is 2. The maximum atomic E-state index is 11.8. The van der Waals surface area contributed by atoms with Crippen molar-refractivity contribution in [2.75, 3.05) is 6.54 Å². The molecule has 2 unspecified atom stereocenters. The molecule has 0 aliphatic carbocycles. The lowest BCUT2D eigenvalue weighted by Crippen LogP contribution is -2.39. The number of hydrogen-bond donors (Lipinski definition) is 1. The van der Waals surface area contributed by atoms with E-state index in [-0.39, 0.29) is 6.04 Å². The number of carboxylic acid groups (broad SMARTS) is 1. The molecule has 5 heteroatoms. The summed E-state index contributed by atoms with van der Waals surface area (Å²) in [6.07, 6.45) is 3.26. The van der Waals surface area contributed by atoms with Crippen LogP contribution in [0.3, 0.4) is 0 Å². The summed E-state index contributed by atoms with van der Waals surface area (Å²) in [4.78, 5) is 18.4. The molecule has 1 N–H and O–H groups in total. The van der Waals surface area contributed by atoms with Gasteiger partial charge in [-0.2, -0.15) is 0 Å². The Bertz CT molecular complexity index is 931. The van der Waals surface area contributed by atoms with E-state index < -0.39 is 12.0 Å². The molecule has 5 nitrogen and oxygen atoms in total. The molecule has 4 rings (SSSR count). The highest BCUT2D eigenvalue weighted by Crippen LogP contribution is 2.35. The van der Waals surface area contributed by atoms with Crippen LogP contribution in [-0.2, 0) is 4.79 Å². The van der Waals surface area contributed by atoms with Crippen LogP contribution in [0.1, 0.15) is 30.1 Å². The standard InChI is InChI=1S/C23H22N2O3/c26-23(27)21-13-7-15-25(21)22(20-12-4-5-14-24-20)17-8-6-11-19(16-17)28-18-9-2-1-3-10-18/h1-6,8-12,14,16,21-22H,7,13,15H2,(H,26,27). The number of carbonyl (C=O) groups is 1. The van der Waals surface area contributed by atoms with E-state index in [4.69, 9.17) is 4.74 Å². The lowest BCUT2D eigenvalue weighted by atomic mass is 10.00. The minimum absolute atomic E-state index is 0.232. The summed E-state index contributed by atoms with van der Waals surface area (Å²) in [6, 6.07) is 22.5. The highest BCUT2D eigenvalue weighted by atomic mass is 16.5. The number of aliphatic carboxylic acids is 1. The zero-order valence-corrected chi connectivity index (χ0v) is 15.4. The number of benzene rings is 2. The first-order chi connectivity index (χ1) is 13.7. The molecule has 0 amide bonds. The zero-order valence-electron chi connectivity index (χ0n) is 15.4. The van der Waals surface area contributed by atoms with Crippen LogP contribution in [0.15, 0.2) is 79.0 Å². The third-order valence-corrected chi connectivity index (χ3v) is 5.03. The van der Waals surface area contributed by atoms with Gasteiger partial charge in [0.1, 0.15) is 17.5 Å². The van der Waals surface area contributed by atoms with Crippen molar-refractivity contribution in [3.8, 4) is 11.5 Å². The maximum absolute atomic E-state index is 11.8. The fourth-order valence-electron chi connectivity index (χ4n) is 3.81. The molecule has 0 spiro atoms. The van der Waals surface area contributed by atoms with E-state index >= 15 is 0 Å². The Morgan fingerprint density at radius 2 is 1.82 bits per heavy atom. The largest absolute Gasteiger partial charge is 0.480 e. The van der Waals surface area contributed by atoms with E-state index in [0.717, 1.165) is 35.7 Å². The molecule has 1 aromatic heterocycles. The van der Waals surface area contributed by atoms with E-state index in [1.807, 2.05) is 77.7 Å². The van der Waals surface area contributed by atoms with E-state index in [0.29, 0.717) is 6.42 Å². The van der Waals surface area contributed by atoms with Gasteiger partial charge in [0.25, 0.3) is 0 Å². The molecular formula is C23H22N2O3. The smallest absolute Gasteiger partial charge is 0.320 e. The first-order valence-electron chi connectivity index (χ1n) is 9.45. The van der Waals surface area contributed by atoms with Gasteiger partial charge in [-0.25, -0.2) is 0 Å². The van der Waals surface area contributed by atoms with Gasteiger partial charge in [0.05, 0.1) is 11.7 Å². The van der Waals surface area contributed by atoms with Crippen molar-refractivity contribution in [1.29, 1.82) is 0 Å². The second kappa shape index (κ2) is 8.23. The minimum Gasteiger partial charge on any atom is -0.480 e. The number of ether oxygens (including phenoxy) is 1. The SMILES string of the molecule is O=C(O)C1CCCN1C(c1cccc(Oc2ccccc2)c1)c1ccccn1. The van der Waals surface area contributed by atoms with Crippen LogP contribution in [0.2, 0.25) is 0 Å². The molecule has 3 aromatic rings. The maximum Gasteiger partial charge on any atom is 0.320 e. The summed E-state index contributed by atoms with van der Waals surface area (Å²) >= 11 is 0. The Balaban J connectivity index is 1.71. The van der Waals surface area contributed by atoms with Crippen molar-refractivity contribution in [1.82, 2.24) is 9.88 Å².